The van der Waals surface area contributed by atoms with E-state index >= 15 is 0 Å². The Morgan fingerprint density at radius 3 is 3.06 bits per heavy atom. The second kappa shape index (κ2) is 4.68. The van der Waals surface area contributed by atoms with Gasteiger partial charge in [-0.05, 0) is 43.0 Å². The van der Waals surface area contributed by atoms with Gasteiger partial charge in [0.2, 0.25) is 0 Å². The van der Waals surface area contributed by atoms with Gasteiger partial charge in [-0.15, -0.1) is 6.58 Å². The zero-order valence-electron chi connectivity index (χ0n) is 9.26. The van der Waals surface area contributed by atoms with E-state index in [2.05, 4.69) is 34.7 Å². The maximum Gasteiger partial charge on any atom is 0.126 e. The van der Waals surface area contributed by atoms with E-state index in [1.54, 1.807) is 6.07 Å². The van der Waals surface area contributed by atoms with Crippen LogP contribution in [0.4, 0.5) is 4.39 Å². The molecule has 0 heterocycles. The fourth-order valence-corrected chi connectivity index (χ4v) is 2.87. The molecular formula is C13H15BrFN. The number of benzene rings is 1. The Balaban J connectivity index is 2.31. The number of nitrogens with one attached hydrogen (secondary N) is 1. The van der Waals surface area contributed by atoms with Crippen LogP contribution in [0.15, 0.2) is 29.3 Å². The van der Waals surface area contributed by atoms with Crippen LogP contribution < -0.4 is 5.32 Å². The summed E-state index contributed by atoms with van der Waals surface area (Å²) in [6.07, 6.45) is 3.63. The average Bonchev–Trinajstić information content (AvgIpc) is 2.68. The monoisotopic (exact) mass is 283 g/mol. The van der Waals surface area contributed by atoms with Crippen LogP contribution in [0.25, 0.3) is 0 Å². The second-order valence-corrected chi connectivity index (χ2v) is 5.06. The van der Waals surface area contributed by atoms with E-state index in [1.807, 2.05) is 6.08 Å². The molecule has 86 valence electrons. The highest BCUT2D eigenvalue weighted by Crippen LogP contribution is 2.38. The van der Waals surface area contributed by atoms with Crippen molar-refractivity contribution < 1.29 is 4.39 Å². The Hall–Kier alpha value is -0.670. The molecule has 1 nitrogen and oxygen atoms in total. The lowest BCUT2D eigenvalue weighted by atomic mass is 10.1. The zero-order chi connectivity index (χ0) is 11.7. The SMILES string of the molecule is C=CC(C)NC1CCc2c(F)ccc(Br)c21. The molecule has 2 rings (SSSR count). The van der Waals surface area contributed by atoms with Crippen molar-refractivity contribution in [1.82, 2.24) is 5.32 Å². The molecule has 0 amide bonds. The predicted octanol–water partition coefficient (Wildman–Crippen LogP) is 3.74. The molecule has 1 aliphatic carbocycles. The van der Waals surface area contributed by atoms with E-state index < -0.39 is 0 Å². The average molecular weight is 284 g/mol. The molecule has 3 heteroatoms. The van der Waals surface area contributed by atoms with Crippen molar-refractivity contribution in [2.24, 2.45) is 0 Å². The highest BCUT2D eigenvalue weighted by molar-refractivity contribution is 9.10. The summed E-state index contributed by atoms with van der Waals surface area (Å²) in [5.74, 6) is -0.0891. The molecule has 1 aliphatic rings. The van der Waals surface area contributed by atoms with E-state index in [9.17, 15) is 4.39 Å². The van der Waals surface area contributed by atoms with Crippen molar-refractivity contribution in [2.45, 2.75) is 31.8 Å². The molecule has 0 saturated carbocycles. The van der Waals surface area contributed by atoms with Crippen LogP contribution in [-0.2, 0) is 6.42 Å². The van der Waals surface area contributed by atoms with Crippen LogP contribution >= 0.6 is 15.9 Å². The molecule has 0 saturated heterocycles. The molecule has 0 spiro atoms. The summed E-state index contributed by atoms with van der Waals surface area (Å²) in [6, 6.07) is 3.79. The highest BCUT2D eigenvalue weighted by atomic mass is 79.9. The Bertz CT molecular complexity index is 417. The van der Waals surface area contributed by atoms with Crippen molar-refractivity contribution in [3.8, 4) is 0 Å². The number of hydrogen-bond donors (Lipinski definition) is 1. The van der Waals surface area contributed by atoms with Gasteiger partial charge in [-0.3, -0.25) is 0 Å². The van der Waals surface area contributed by atoms with Gasteiger partial charge in [0, 0.05) is 16.6 Å². The minimum Gasteiger partial charge on any atom is -0.304 e. The van der Waals surface area contributed by atoms with Gasteiger partial charge < -0.3 is 5.32 Å². The normalized spacial score (nSPS) is 20.6. The Morgan fingerprint density at radius 2 is 2.38 bits per heavy atom. The second-order valence-electron chi connectivity index (χ2n) is 4.20. The molecule has 0 aliphatic heterocycles. The number of halogens is 2. The van der Waals surface area contributed by atoms with Gasteiger partial charge in [0.25, 0.3) is 0 Å². The van der Waals surface area contributed by atoms with Gasteiger partial charge in [0.1, 0.15) is 5.82 Å². The lowest BCUT2D eigenvalue weighted by Gasteiger charge is -2.18. The van der Waals surface area contributed by atoms with Crippen molar-refractivity contribution in [3.05, 3.63) is 46.2 Å². The third-order valence-corrected chi connectivity index (χ3v) is 3.79. The first kappa shape index (κ1) is 11.8. The molecule has 1 aromatic carbocycles. The predicted molar refractivity (Wildman–Crippen MR) is 68.0 cm³/mol. The summed E-state index contributed by atoms with van der Waals surface area (Å²) in [5, 5.41) is 3.44. The highest BCUT2D eigenvalue weighted by Gasteiger charge is 2.27. The van der Waals surface area contributed by atoms with Crippen LogP contribution in [0.5, 0.6) is 0 Å². The topological polar surface area (TPSA) is 12.0 Å². The lowest BCUT2D eigenvalue weighted by molar-refractivity contribution is 0.499. The van der Waals surface area contributed by atoms with E-state index in [4.69, 9.17) is 0 Å². The number of rotatable bonds is 3. The van der Waals surface area contributed by atoms with E-state index in [0.717, 1.165) is 28.4 Å². The van der Waals surface area contributed by atoms with Crippen LogP contribution in [0.3, 0.4) is 0 Å². The van der Waals surface area contributed by atoms with Gasteiger partial charge in [0.05, 0.1) is 0 Å². The number of fused-ring (bicyclic) bond motifs is 1. The molecule has 0 bridgehead atoms. The summed E-state index contributed by atoms with van der Waals surface area (Å²) in [5.41, 5.74) is 1.93. The smallest absolute Gasteiger partial charge is 0.126 e. The third kappa shape index (κ3) is 2.06. The fraction of sp³-hybridized carbons (Fsp3) is 0.385. The summed E-state index contributed by atoms with van der Waals surface area (Å²) >= 11 is 3.50. The molecule has 0 fully saturated rings. The summed E-state index contributed by atoms with van der Waals surface area (Å²) < 4.78 is 14.6. The Kier molecular flexibility index (Phi) is 3.45. The zero-order valence-corrected chi connectivity index (χ0v) is 10.8. The van der Waals surface area contributed by atoms with Crippen LogP contribution in [-0.4, -0.2) is 6.04 Å². The largest absolute Gasteiger partial charge is 0.304 e. The standard InChI is InChI=1S/C13H15BrFN/c1-3-8(2)16-12-7-4-9-11(15)6-5-10(14)13(9)12/h3,5-6,8,12,16H,1,4,7H2,2H3. The van der Waals surface area contributed by atoms with Gasteiger partial charge in [-0.2, -0.15) is 0 Å². The van der Waals surface area contributed by atoms with Gasteiger partial charge in [0.15, 0.2) is 0 Å². The van der Waals surface area contributed by atoms with Gasteiger partial charge >= 0.3 is 0 Å². The maximum absolute atomic E-state index is 13.6. The first-order valence-electron chi connectivity index (χ1n) is 5.49. The first-order chi connectivity index (χ1) is 7.63. The minimum atomic E-state index is -0.0891. The quantitative estimate of drug-likeness (QED) is 0.834. The molecule has 0 aromatic heterocycles. The van der Waals surface area contributed by atoms with Crippen molar-refractivity contribution in [1.29, 1.82) is 0 Å². The van der Waals surface area contributed by atoms with E-state index in [1.165, 1.54) is 6.07 Å². The van der Waals surface area contributed by atoms with Gasteiger partial charge in [-0.1, -0.05) is 22.0 Å². The molecule has 16 heavy (non-hydrogen) atoms. The van der Waals surface area contributed by atoms with Crippen LogP contribution in [0, 0.1) is 5.82 Å². The van der Waals surface area contributed by atoms with E-state index in [-0.39, 0.29) is 17.9 Å². The molecule has 0 radical (unpaired) electrons. The molecule has 2 atom stereocenters. The molecular weight excluding hydrogens is 269 g/mol. The first-order valence-corrected chi connectivity index (χ1v) is 6.28. The molecule has 2 unspecified atom stereocenters. The Labute approximate surface area is 104 Å². The summed E-state index contributed by atoms with van der Waals surface area (Å²) in [6.45, 7) is 5.80. The van der Waals surface area contributed by atoms with E-state index in [0.29, 0.717) is 0 Å². The van der Waals surface area contributed by atoms with Crippen LogP contribution in [0.1, 0.15) is 30.5 Å². The van der Waals surface area contributed by atoms with Crippen molar-refractivity contribution in [3.63, 3.8) is 0 Å². The summed E-state index contributed by atoms with van der Waals surface area (Å²) in [4.78, 5) is 0. The van der Waals surface area contributed by atoms with Gasteiger partial charge in [-0.25, -0.2) is 4.39 Å². The molecule has 1 aromatic rings. The van der Waals surface area contributed by atoms with Crippen molar-refractivity contribution in [2.75, 3.05) is 0 Å². The molecule has 1 N–H and O–H groups in total. The Morgan fingerprint density at radius 1 is 1.62 bits per heavy atom. The van der Waals surface area contributed by atoms with Crippen molar-refractivity contribution >= 4 is 15.9 Å². The fourth-order valence-electron chi connectivity index (χ4n) is 2.23. The minimum absolute atomic E-state index is 0.0891. The third-order valence-electron chi connectivity index (χ3n) is 3.10. The van der Waals surface area contributed by atoms with Crippen LogP contribution in [0.2, 0.25) is 0 Å². The summed E-state index contributed by atoms with van der Waals surface area (Å²) in [7, 11) is 0. The number of hydrogen-bond acceptors (Lipinski definition) is 1. The lowest BCUT2D eigenvalue weighted by Crippen LogP contribution is -2.27. The maximum atomic E-state index is 13.6.